The molecule has 0 radical (unpaired) electrons. The predicted octanol–water partition coefficient (Wildman–Crippen LogP) is 7.15. The minimum atomic E-state index is 0.525. The van der Waals surface area contributed by atoms with E-state index >= 15 is 0 Å². The zero-order valence-corrected chi connectivity index (χ0v) is 20.4. The fourth-order valence-electron chi connectivity index (χ4n) is 3.92. The minimum Gasteiger partial charge on any atom is -0.398 e. The summed E-state index contributed by atoms with van der Waals surface area (Å²) < 4.78 is 0. The topological polar surface area (TPSA) is 50.4 Å². The van der Waals surface area contributed by atoms with Crippen LogP contribution in [0.3, 0.4) is 0 Å². The molecular weight excluding hydrogens is 366 g/mol. The summed E-state index contributed by atoms with van der Waals surface area (Å²) >= 11 is 0. The lowest BCUT2D eigenvalue weighted by atomic mass is 9.96. The highest BCUT2D eigenvalue weighted by Crippen LogP contribution is 2.25. The molecule has 3 nitrogen and oxygen atoms in total. The molecule has 1 aliphatic carbocycles. The zero-order valence-electron chi connectivity index (χ0n) is 20.4. The van der Waals surface area contributed by atoms with Crippen LogP contribution in [0.15, 0.2) is 63.5 Å². The van der Waals surface area contributed by atoms with Crippen molar-refractivity contribution in [3.05, 3.63) is 58.5 Å². The first-order chi connectivity index (χ1) is 14.3. The minimum absolute atomic E-state index is 0.525. The number of hydrogen-bond donors (Lipinski definition) is 2. The molecule has 0 unspecified atom stereocenters. The average molecular weight is 412 g/mol. The van der Waals surface area contributed by atoms with Crippen molar-refractivity contribution >= 4 is 5.71 Å². The number of aliphatic imine (C=N–C) groups is 1. The van der Waals surface area contributed by atoms with Gasteiger partial charge in [0.2, 0.25) is 0 Å². The van der Waals surface area contributed by atoms with Gasteiger partial charge in [-0.05, 0) is 69.2 Å². The standard InChI is InChI=1S/C27H45N3/c1-8-10-16-24(27(28)21(4)22(5)29-7)19-26(20(3)15-9-2)23(6)30-25-17-13-11-12-14-18-25/h10,16,19,25,30H,6,8-9,11-15,17-18,28H2,1-5,7H3/b16-10-,24-19+,26-20-,27-21?,29-22?. The number of nitrogens with two attached hydrogens (primary N) is 1. The summed E-state index contributed by atoms with van der Waals surface area (Å²) in [6.45, 7) is 15.1. The molecule has 0 aliphatic heterocycles. The van der Waals surface area contributed by atoms with Crippen molar-refractivity contribution in [2.24, 2.45) is 10.7 Å². The average Bonchev–Trinajstić information content (AvgIpc) is 3.00. The summed E-state index contributed by atoms with van der Waals surface area (Å²) in [6.07, 6.45) is 17.5. The Bertz CT molecular complexity index is 708. The van der Waals surface area contributed by atoms with Crippen LogP contribution in [0, 0.1) is 0 Å². The van der Waals surface area contributed by atoms with Gasteiger partial charge < -0.3 is 11.1 Å². The van der Waals surface area contributed by atoms with Crippen molar-refractivity contribution in [2.45, 2.75) is 98.4 Å². The third kappa shape index (κ3) is 8.38. The van der Waals surface area contributed by atoms with Crippen molar-refractivity contribution in [3.8, 4) is 0 Å². The van der Waals surface area contributed by atoms with Gasteiger partial charge in [-0.2, -0.15) is 0 Å². The number of nitrogens with zero attached hydrogens (tertiary/aromatic N) is 1. The molecule has 0 aromatic rings. The Kier molecular flexibility index (Phi) is 12.2. The molecule has 1 saturated carbocycles. The molecule has 0 heterocycles. The van der Waals surface area contributed by atoms with Gasteiger partial charge in [0.05, 0.1) is 0 Å². The van der Waals surface area contributed by atoms with Crippen LogP contribution in [-0.4, -0.2) is 18.8 Å². The van der Waals surface area contributed by atoms with Crippen LogP contribution in [0.5, 0.6) is 0 Å². The molecule has 0 spiro atoms. The van der Waals surface area contributed by atoms with E-state index < -0.39 is 0 Å². The van der Waals surface area contributed by atoms with Crippen LogP contribution in [0.25, 0.3) is 0 Å². The monoisotopic (exact) mass is 411 g/mol. The molecule has 30 heavy (non-hydrogen) atoms. The third-order valence-electron chi connectivity index (χ3n) is 6.07. The normalized spacial score (nSPS) is 18.7. The maximum atomic E-state index is 6.61. The quantitative estimate of drug-likeness (QED) is 0.228. The van der Waals surface area contributed by atoms with E-state index in [9.17, 15) is 0 Å². The molecule has 0 bridgehead atoms. The fourth-order valence-corrected chi connectivity index (χ4v) is 3.92. The van der Waals surface area contributed by atoms with Crippen molar-refractivity contribution in [3.63, 3.8) is 0 Å². The summed E-state index contributed by atoms with van der Waals surface area (Å²) in [7, 11) is 1.81. The Labute approximate surface area is 186 Å². The van der Waals surface area contributed by atoms with Crippen LogP contribution in [-0.2, 0) is 0 Å². The molecule has 0 saturated heterocycles. The maximum Gasteiger partial charge on any atom is 0.0435 e. The summed E-state index contributed by atoms with van der Waals surface area (Å²) in [4.78, 5) is 4.32. The molecule has 1 aliphatic rings. The van der Waals surface area contributed by atoms with Crippen LogP contribution < -0.4 is 11.1 Å². The van der Waals surface area contributed by atoms with Gasteiger partial charge in [0.1, 0.15) is 0 Å². The third-order valence-corrected chi connectivity index (χ3v) is 6.07. The molecule has 1 fully saturated rings. The second kappa shape index (κ2) is 14.1. The van der Waals surface area contributed by atoms with Crippen molar-refractivity contribution in [1.82, 2.24) is 5.32 Å². The van der Waals surface area contributed by atoms with E-state index in [4.69, 9.17) is 5.73 Å². The van der Waals surface area contributed by atoms with Gasteiger partial charge in [0, 0.05) is 30.2 Å². The van der Waals surface area contributed by atoms with Gasteiger partial charge in [0.15, 0.2) is 0 Å². The summed E-state index contributed by atoms with van der Waals surface area (Å²) in [5.41, 5.74) is 14.0. The van der Waals surface area contributed by atoms with E-state index in [0.717, 1.165) is 47.5 Å². The van der Waals surface area contributed by atoms with Gasteiger partial charge in [-0.15, -0.1) is 0 Å². The highest BCUT2D eigenvalue weighted by Gasteiger charge is 2.15. The Morgan fingerprint density at radius 2 is 1.73 bits per heavy atom. The molecule has 0 aromatic heterocycles. The summed E-state index contributed by atoms with van der Waals surface area (Å²) in [6, 6.07) is 0.525. The SMILES string of the molecule is C=C(NC1CCCCCC1)C(/C=C(\C=C/CC)C(N)=C(C)C(C)=NC)=C(/C)CCC. The van der Waals surface area contributed by atoms with Gasteiger partial charge in [-0.1, -0.05) is 70.3 Å². The van der Waals surface area contributed by atoms with E-state index in [0.29, 0.717) is 6.04 Å². The van der Waals surface area contributed by atoms with Crippen LogP contribution in [0.4, 0.5) is 0 Å². The largest absolute Gasteiger partial charge is 0.398 e. The van der Waals surface area contributed by atoms with Crippen molar-refractivity contribution in [1.29, 1.82) is 0 Å². The van der Waals surface area contributed by atoms with Crippen molar-refractivity contribution < 1.29 is 0 Å². The molecule has 168 valence electrons. The van der Waals surface area contributed by atoms with E-state index in [2.05, 4.69) is 55.9 Å². The molecule has 3 heteroatoms. The lowest BCUT2D eigenvalue weighted by Crippen LogP contribution is -2.28. The first kappa shape index (κ1) is 26.0. The van der Waals surface area contributed by atoms with E-state index in [-0.39, 0.29) is 0 Å². The lowest BCUT2D eigenvalue weighted by Gasteiger charge is -2.22. The Morgan fingerprint density at radius 1 is 1.10 bits per heavy atom. The van der Waals surface area contributed by atoms with Crippen LogP contribution >= 0.6 is 0 Å². The predicted molar refractivity (Wildman–Crippen MR) is 135 cm³/mol. The molecule has 0 aromatic carbocycles. The highest BCUT2D eigenvalue weighted by atomic mass is 14.9. The lowest BCUT2D eigenvalue weighted by molar-refractivity contribution is 0.505. The number of rotatable bonds is 10. The number of nitrogens with one attached hydrogen (secondary N) is 1. The molecule has 1 rings (SSSR count). The van der Waals surface area contributed by atoms with Gasteiger partial charge in [-0.3, -0.25) is 4.99 Å². The van der Waals surface area contributed by atoms with Crippen LogP contribution in [0.2, 0.25) is 0 Å². The smallest absolute Gasteiger partial charge is 0.0435 e. The Hall–Kier alpha value is -2.03. The summed E-state index contributed by atoms with van der Waals surface area (Å²) in [5.74, 6) is 0. The first-order valence-corrected chi connectivity index (χ1v) is 11.8. The van der Waals surface area contributed by atoms with Gasteiger partial charge in [-0.25, -0.2) is 0 Å². The number of hydrogen-bond acceptors (Lipinski definition) is 3. The zero-order chi connectivity index (χ0) is 22.5. The van der Waals surface area contributed by atoms with Gasteiger partial charge >= 0.3 is 0 Å². The Morgan fingerprint density at radius 3 is 2.27 bits per heavy atom. The fraction of sp³-hybridized carbons (Fsp3) is 0.593. The molecule has 0 atom stereocenters. The molecule has 0 amide bonds. The molecule has 3 N–H and O–H groups in total. The Balaban J connectivity index is 3.37. The van der Waals surface area contributed by atoms with Crippen LogP contribution in [0.1, 0.15) is 92.4 Å². The summed E-state index contributed by atoms with van der Waals surface area (Å²) in [5, 5.41) is 3.76. The van der Waals surface area contributed by atoms with Crippen molar-refractivity contribution in [2.75, 3.05) is 7.05 Å². The van der Waals surface area contributed by atoms with Gasteiger partial charge in [0.25, 0.3) is 0 Å². The first-order valence-electron chi connectivity index (χ1n) is 11.8. The second-order valence-corrected chi connectivity index (χ2v) is 8.51. The maximum absolute atomic E-state index is 6.61. The van der Waals surface area contributed by atoms with E-state index in [1.54, 1.807) is 0 Å². The second-order valence-electron chi connectivity index (χ2n) is 8.51. The molecular formula is C27H45N3. The highest BCUT2D eigenvalue weighted by molar-refractivity contribution is 5.98. The number of allylic oxidation sites excluding steroid dienone is 5. The van der Waals surface area contributed by atoms with E-state index in [1.165, 1.54) is 49.7 Å². The van der Waals surface area contributed by atoms with E-state index in [1.807, 2.05) is 20.9 Å².